The summed E-state index contributed by atoms with van der Waals surface area (Å²) in [6.45, 7) is 2.74. The highest BCUT2D eigenvalue weighted by Crippen LogP contribution is 2.22. The molecule has 28 heavy (non-hydrogen) atoms. The molecule has 3 aromatic rings. The monoisotopic (exact) mass is 393 g/mol. The lowest BCUT2D eigenvalue weighted by molar-refractivity contribution is 0.0695. The van der Waals surface area contributed by atoms with Crippen LogP contribution in [0.25, 0.3) is 0 Å². The molecular weight excluding hydrogens is 370 g/mol. The highest BCUT2D eigenvalue weighted by molar-refractivity contribution is 7.97. The quantitative estimate of drug-likeness (QED) is 0.367. The summed E-state index contributed by atoms with van der Waals surface area (Å²) >= 11 is 1.46. The van der Waals surface area contributed by atoms with Crippen molar-refractivity contribution in [2.24, 2.45) is 0 Å². The molecule has 0 aromatic heterocycles. The normalized spacial score (nSPS) is 10.6. The zero-order valence-corrected chi connectivity index (χ0v) is 16.5. The van der Waals surface area contributed by atoms with Crippen LogP contribution >= 0.6 is 11.9 Å². The highest BCUT2D eigenvalue weighted by Gasteiger charge is 2.09. The first kappa shape index (κ1) is 20.0. The molecule has 0 amide bonds. The summed E-state index contributed by atoms with van der Waals surface area (Å²) in [5.74, 6) is 0.759. The number of nitrogens with one attached hydrogen (secondary N) is 1. The molecule has 0 saturated heterocycles. The molecule has 0 spiro atoms. The standard InChI is InChI=1S/C23H23NO3S/c1-2-18-10-13-21(16-22(18)23(25)26)28-24-15-14-17-8-11-20(12-9-17)27-19-6-4-3-5-7-19/h3-13,16,24H,2,14-15H2,1H3,(H,25,26). The Bertz CT molecular complexity index is 911. The van der Waals surface area contributed by atoms with E-state index in [-0.39, 0.29) is 0 Å². The first-order valence-electron chi connectivity index (χ1n) is 9.23. The Morgan fingerprint density at radius 1 is 1.00 bits per heavy atom. The minimum absolute atomic E-state index is 0.378. The maximum atomic E-state index is 11.4. The summed E-state index contributed by atoms with van der Waals surface area (Å²) in [4.78, 5) is 12.3. The lowest BCUT2D eigenvalue weighted by Gasteiger charge is -2.09. The fourth-order valence-corrected chi connectivity index (χ4v) is 3.49. The molecule has 0 aliphatic heterocycles. The van der Waals surface area contributed by atoms with E-state index in [0.717, 1.165) is 34.9 Å². The summed E-state index contributed by atoms with van der Waals surface area (Å²) in [5.41, 5.74) is 2.44. The Labute approximate surface area is 169 Å². The molecule has 3 aromatic carbocycles. The van der Waals surface area contributed by atoms with E-state index >= 15 is 0 Å². The number of ether oxygens (including phenoxy) is 1. The number of hydrogen-bond acceptors (Lipinski definition) is 4. The molecule has 0 atom stereocenters. The third-order valence-electron chi connectivity index (χ3n) is 4.30. The van der Waals surface area contributed by atoms with Crippen molar-refractivity contribution in [3.63, 3.8) is 0 Å². The summed E-state index contributed by atoms with van der Waals surface area (Å²) < 4.78 is 9.10. The number of aromatic carboxylic acids is 1. The number of hydrogen-bond donors (Lipinski definition) is 2. The number of carboxylic acid groups (broad SMARTS) is 1. The number of carbonyl (C=O) groups is 1. The maximum Gasteiger partial charge on any atom is 0.336 e. The maximum absolute atomic E-state index is 11.4. The Morgan fingerprint density at radius 2 is 1.71 bits per heavy atom. The average Bonchev–Trinajstić information content (AvgIpc) is 2.73. The number of para-hydroxylation sites is 1. The van der Waals surface area contributed by atoms with Gasteiger partial charge in [0.15, 0.2) is 0 Å². The Morgan fingerprint density at radius 3 is 2.39 bits per heavy atom. The van der Waals surface area contributed by atoms with Crippen molar-refractivity contribution in [1.29, 1.82) is 0 Å². The molecule has 0 radical (unpaired) electrons. The molecule has 4 nitrogen and oxygen atoms in total. The predicted molar refractivity (Wildman–Crippen MR) is 113 cm³/mol. The molecule has 0 fully saturated rings. The van der Waals surface area contributed by atoms with Crippen LogP contribution in [-0.2, 0) is 12.8 Å². The van der Waals surface area contributed by atoms with Crippen LogP contribution in [0.2, 0.25) is 0 Å². The molecule has 2 N–H and O–H groups in total. The summed E-state index contributed by atoms with van der Waals surface area (Å²) in [7, 11) is 0. The Kier molecular flexibility index (Phi) is 7.12. The van der Waals surface area contributed by atoms with Crippen LogP contribution in [0, 0.1) is 0 Å². The van der Waals surface area contributed by atoms with Gasteiger partial charge in [0, 0.05) is 11.4 Å². The molecule has 144 valence electrons. The molecule has 0 unspecified atom stereocenters. The minimum atomic E-state index is -0.878. The number of rotatable bonds is 9. The Hall–Kier alpha value is -2.76. The third-order valence-corrected chi connectivity index (χ3v) is 5.14. The van der Waals surface area contributed by atoms with E-state index in [1.54, 1.807) is 6.07 Å². The highest BCUT2D eigenvalue weighted by atomic mass is 32.2. The van der Waals surface area contributed by atoms with Crippen LogP contribution in [-0.4, -0.2) is 17.6 Å². The zero-order valence-electron chi connectivity index (χ0n) is 15.7. The lowest BCUT2D eigenvalue weighted by atomic mass is 10.1. The van der Waals surface area contributed by atoms with E-state index in [4.69, 9.17) is 4.74 Å². The molecule has 0 aliphatic rings. The van der Waals surface area contributed by atoms with Gasteiger partial charge in [0.25, 0.3) is 0 Å². The van der Waals surface area contributed by atoms with Crippen molar-refractivity contribution in [2.75, 3.05) is 6.54 Å². The summed E-state index contributed by atoms with van der Waals surface area (Å²) in [6.07, 6.45) is 1.58. The van der Waals surface area contributed by atoms with Crippen LogP contribution in [0.5, 0.6) is 11.5 Å². The molecule has 0 saturated carbocycles. The average molecular weight is 394 g/mol. The van der Waals surface area contributed by atoms with Crippen molar-refractivity contribution in [3.8, 4) is 11.5 Å². The smallest absolute Gasteiger partial charge is 0.336 e. The number of carboxylic acids is 1. The summed E-state index contributed by atoms with van der Waals surface area (Å²) in [5, 5.41) is 9.32. The molecular formula is C23H23NO3S. The van der Waals surface area contributed by atoms with E-state index in [0.29, 0.717) is 12.0 Å². The van der Waals surface area contributed by atoms with Gasteiger partial charge in [-0.05, 0) is 72.3 Å². The molecule has 3 rings (SSSR count). The van der Waals surface area contributed by atoms with Crippen molar-refractivity contribution in [1.82, 2.24) is 4.72 Å². The van der Waals surface area contributed by atoms with Gasteiger partial charge in [-0.15, -0.1) is 0 Å². The first-order valence-corrected chi connectivity index (χ1v) is 10.0. The van der Waals surface area contributed by atoms with Crippen molar-refractivity contribution in [2.45, 2.75) is 24.7 Å². The van der Waals surface area contributed by atoms with Crippen molar-refractivity contribution < 1.29 is 14.6 Å². The van der Waals surface area contributed by atoms with E-state index in [1.165, 1.54) is 17.5 Å². The van der Waals surface area contributed by atoms with Crippen molar-refractivity contribution >= 4 is 17.9 Å². The van der Waals surface area contributed by atoms with Gasteiger partial charge in [0.1, 0.15) is 11.5 Å². The van der Waals surface area contributed by atoms with Crippen LogP contribution in [0.1, 0.15) is 28.4 Å². The van der Waals surface area contributed by atoms with Gasteiger partial charge >= 0.3 is 5.97 Å². The molecule has 5 heteroatoms. The molecule has 0 heterocycles. The van der Waals surface area contributed by atoms with Crippen LogP contribution in [0.15, 0.2) is 77.7 Å². The lowest BCUT2D eigenvalue weighted by Crippen LogP contribution is -2.09. The number of benzene rings is 3. The van der Waals surface area contributed by atoms with E-state index < -0.39 is 5.97 Å². The van der Waals surface area contributed by atoms with Crippen molar-refractivity contribution in [3.05, 3.63) is 89.5 Å². The van der Waals surface area contributed by atoms with Gasteiger partial charge < -0.3 is 9.84 Å². The third kappa shape index (κ3) is 5.62. The SMILES string of the molecule is CCc1ccc(SNCCc2ccc(Oc3ccccc3)cc2)cc1C(=O)O. The second kappa shape index (κ2) is 9.97. The molecule has 0 bridgehead atoms. The zero-order chi connectivity index (χ0) is 19.8. The second-order valence-corrected chi connectivity index (χ2v) is 7.25. The van der Waals surface area contributed by atoms with E-state index in [9.17, 15) is 9.90 Å². The predicted octanol–water partition coefficient (Wildman–Crippen LogP) is 5.58. The van der Waals surface area contributed by atoms with E-state index in [1.807, 2.05) is 61.5 Å². The topological polar surface area (TPSA) is 58.6 Å². The Balaban J connectivity index is 1.47. The van der Waals surface area contributed by atoms with E-state index in [2.05, 4.69) is 16.9 Å². The van der Waals surface area contributed by atoms with Gasteiger partial charge in [-0.1, -0.05) is 43.3 Å². The van der Waals surface area contributed by atoms with Gasteiger partial charge in [0.2, 0.25) is 0 Å². The first-order chi connectivity index (χ1) is 13.7. The largest absolute Gasteiger partial charge is 0.478 e. The van der Waals surface area contributed by atoms with Gasteiger partial charge in [-0.2, -0.15) is 0 Å². The van der Waals surface area contributed by atoms with Gasteiger partial charge in [0.05, 0.1) is 5.56 Å². The van der Waals surface area contributed by atoms with Gasteiger partial charge in [-0.25, -0.2) is 4.79 Å². The second-order valence-electron chi connectivity index (χ2n) is 6.28. The minimum Gasteiger partial charge on any atom is -0.478 e. The van der Waals surface area contributed by atoms with Crippen LogP contribution in [0.3, 0.4) is 0 Å². The fourth-order valence-electron chi connectivity index (χ4n) is 2.80. The summed E-state index contributed by atoms with van der Waals surface area (Å²) in [6, 6.07) is 23.3. The number of aryl methyl sites for hydroxylation is 1. The fraction of sp³-hybridized carbons (Fsp3) is 0.174. The molecule has 0 aliphatic carbocycles. The van der Waals surface area contributed by atoms with Crippen LogP contribution < -0.4 is 9.46 Å². The van der Waals surface area contributed by atoms with Crippen LogP contribution in [0.4, 0.5) is 0 Å². The van der Waals surface area contributed by atoms with Gasteiger partial charge in [-0.3, -0.25) is 4.72 Å².